The number of hydrogen-bond acceptors (Lipinski definition) is 3. The van der Waals surface area contributed by atoms with Crippen molar-refractivity contribution in [3.63, 3.8) is 0 Å². The van der Waals surface area contributed by atoms with E-state index in [4.69, 9.17) is 28.1 Å². The number of nitrogens with zero attached hydrogens (tertiary/aromatic N) is 2. The molecule has 2 aliphatic rings. The minimum absolute atomic E-state index is 0.198. The van der Waals surface area contributed by atoms with Gasteiger partial charge in [0.15, 0.2) is 5.96 Å². The fourth-order valence-corrected chi connectivity index (χ4v) is 5.78. The monoisotopic (exact) mass is 467 g/mol. The third-order valence-corrected chi connectivity index (χ3v) is 7.27. The molecule has 2 atom stereocenters. The zero-order valence-electron chi connectivity index (χ0n) is 19.9. The number of halogens is 1. The molecule has 5 N–H and O–H groups in total. The van der Waals surface area contributed by atoms with Gasteiger partial charge in [-0.05, 0) is 69.1 Å². The Hall–Kier alpha value is -2.27. The number of aliphatic imine (C=N–C) groups is 1. The molecular formula is C27H38ClN5. The van der Waals surface area contributed by atoms with E-state index in [1.54, 1.807) is 0 Å². The molecule has 0 aliphatic heterocycles. The number of guanidine groups is 1. The lowest BCUT2D eigenvalue weighted by molar-refractivity contribution is 0.433. The summed E-state index contributed by atoms with van der Waals surface area (Å²) in [6.07, 6.45) is 14.4. The number of nitrogens with two attached hydrogens (primary N) is 2. The van der Waals surface area contributed by atoms with E-state index in [1.165, 1.54) is 72.8 Å². The number of nitrogens with one attached hydrogen (secondary N) is 1. The van der Waals surface area contributed by atoms with Gasteiger partial charge < -0.3 is 16.8 Å². The van der Waals surface area contributed by atoms with Crippen LogP contribution in [0.15, 0.2) is 34.8 Å². The molecule has 5 nitrogen and oxygen atoms in total. The Balaban J connectivity index is 1.34. The third kappa shape index (κ3) is 6.20. The molecule has 33 heavy (non-hydrogen) atoms. The second-order valence-corrected chi connectivity index (χ2v) is 10.3. The molecule has 1 aromatic carbocycles. The first-order valence-electron chi connectivity index (χ1n) is 12.6. The standard InChI is InChI=1S/C27H38ClN5/c1-18-13-19-15-20(14-18)25-24(16-19)33-23-17-21(28)9-10-22(23)26(25)31-11-7-5-3-2-4-6-8-12-32-27(29)30/h9-10,13,17,19-20H,2-8,11-12,14-16H2,1H3,(H,31,33)(H4,29,30,32)/t19-,20+/m0/s1. The van der Waals surface area contributed by atoms with Gasteiger partial charge in [-0.1, -0.05) is 55.4 Å². The van der Waals surface area contributed by atoms with Crippen LogP contribution in [0.1, 0.15) is 81.9 Å². The molecule has 0 spiro atoms. The number of allylic oxidation sites excluding steroid dienone is 2. The highest BCUT2D eigenvalue weighted by Gasteiger charge is 2.33. The van der Waals surface area contributed by atoms with E-state index in [-0.39, 0.29) is 5.96 Å². The first-order chi connectivity index (χ1) is 16.0. The average molecular weight is 468 g/mol. The van der Waals surface area contributed by atoms with Gasteiger partial charge in [0.1, 0.15) is 0 Å². The summed E-state index contributed by atoms with van der Waals surface area (Å²) >= 11 is 6.31. The number of benzene rings is 1. The minimum Gasteiger partial charge on any atom is -0.384 e. The van der Waals surface area contributed by atoms with Crippen molar-refractivity contribution in [3.05, 3.63) is 46.1 Å². The van der Waals surface area contributed by atoms with E-state index in [0.717, 1.165) is 42.9 Å². The number of fused-ring (bicyclic) bond motifs is 5. The number of unbranched alkanes of at least 4 members (excludes halogenated alkanes) is 6. The minimum atomic E-state index is 0.198. The van der Waals surface area contributed by atoms with Crippen LogP contribution in [0.4, 0.5) is 5.69 Å². The van der Waals surface area contributed by atoms with E-state index >= 15 is 0 Å². The molecule has 6 heteroatoms. The van der Waals surface area contributed by atoms with Crippen molar-refractivity contribution in [1.82, 2.24) is 4.98 Å². The van der Waals surface area contributed by atoms with Crippen molar-refractivity contribution in [3.8, 4) is 0 Å². The Labute approximate surface area is 203 Å². The highest BCUT2D eigenvalue weighted by atomic mass is 35.5. The van der Waals surface area contributed by atoms with Gasteiger partial charge in [0, 0.05) is 40.4 Å². The van der Waals surface area contributed by atoms with Gasteiger partial charge in [-0.3, -0.25) is 9.98 Å². The summed E-state index contributed by atoms with van der Waals surface area (Å²) in [4.78, 5) is 9.12. The fourth-order valence-electron chi connectivity index (χ4n) is 5.62. The number of aromatic nitrogens is 1. The van der Waals surface area contributed by atoms with Gasteiger partial charge in [-0.2, -0.15) is 0 Å². The van der Waals surface area contributed by atoms with Crippen molar-refractivity contribution in [1.29, 1.82) is 0 Å². The normalized spacial score (nSPS) is 19.2. The van der Waals surface area contributed by atoms with E-state index in [9.17, 15) is 0 Å². The number of pyridine rings is 1. The molecule has 0 saturated carbocycles. The zero-order chi connectivity index (χ0) is 23.2. The quantitative estimate of drug-likeness (QED) is 0.156. The predicted molar refractivity (Wildman–Crippen MR) is 141 cm³/mol. The number of anilines is 1. The lowest BCUT2D eigenvalue weighted by atomic mass is 9.71. The van der Waals surface area contributed by atoms with Gasteiger partial charge in [-0.25, -0.2) is 0 Å². The van der Waals surface area contributed by atoms with Crippen LogP contribution in [0.25, 0.3) is 10.9 Å². The Morgan fingerprint density at radius 2 is 1.85 bits per heavy atom. The third-order valence-electron chi connectivity index (χ3n) is 7.04. The van der Waals surface area contributed by atoms with Gasteiger partial charge in [-0.15, -0.1) is 0 Å². The van der Waals surface area contributed by atoms with E-state index in [0.29, 0.717) is 11.8 Å². The van der Waals surface area contributed by atoms with Crippen molar-refractivity contribution < 1.29 is 0 Å². The van der Waals surface area contributed by atoms with Crippen LogP contribution in [0.2, 0.25) is 5.02 Å². The second-order valence-electron chi connectivity index (χ2n) is 9.83. The van der Waals surface area contributed by atoms with Crippen LogP contribution < -0.4 is 16.8 Å². The maximum absolute atomic E-state index is 6.31. The maximum Gasteiger partial charge on any atom is 0.185 e. The largest absolute Gasteiger partial charge is 0.384 e. The second kappa shape index (κ2) is 11.2. The summed E-state index contributed by atoms with van der Waals surface area (Å²) in [7, 11) is 0. The zero-order valence-corrected chi connectivity index (χ0v) is 20.6. The molecule has 4 rings (SSSR count). The van der Waals surface area contributed by atoms with Gasteiger partial charge in [0.05, 0.1) is 5.52 Å². The molecule has 1 heterocycles. The van der Waals surface area contributed by atoms with Crippen LogP contribution in [-0.4, -0.2) is 24.0 Å². The highest BCUT2D eigenvalue weighted by molar-refractivity contribution is 6.31. The summed E-state index contributed by atoms with van der Waals surface area (Å²) in [5, 5.41) is 5.81. The summed E-state index contributed by atoms with van der Waals surface area (Å²) < 4.78 is 0. The Morgan fingerprint density at radius 1 is 1.09 bits per heavy atom. The van der Waals surface area contributed by atoms with Crippen LogP contribution in [0, 0.1) is 5.92 Å². The predicted octanol–water partition coefficient (Wildman–Crippen LogP) is 6.30. The van der Waals surface area contributed by atoms with E-state index in [1.807, 2.05) is 12.1 Å². The molecule has 0 amide bonds. The van der Waals surface area contributed by atoms with E-state index in [2.05, 4.69) is 29.4 Å². The van der Waals surface area contributed by atoms with Gasteiger partial charge in [0.25, 0.3) is 0 Å². The van der Waals surface area contributed by atoms with Crippen molar-refractivity contribution in [2.75, 3.05) is 18.4 Å². The first-order valence-corrected chi connectivity index (χ1v) is 13.0. The fraction of sp³-hybridized carbons (Fsp3) is 0.556. The van der Waals surface area contributed by atoms with Crippen molar-refractivity contribution in [2.24, 2.45) is 22.4 Å². The van der Waals surface area contributed by atoms with Gasteiger partial charge in [0.2, 0.25) is 0 Å². The number of rotatable bonds is 11. The molecule has 1 aromatic heterocycles. The molecule has 2 aliphatic carbocycles. The summed E-state index contributed by atoms with van der Waals surface area (Å²) in [5.41, 5.74) is 17.3. The molecule has 0 fully saturated rings. The van der Waals surface area contributed by atoms with Crippen LogP contribution >= 0.6 is 11.6 Å². The topological polar surface area (TPSA) is 89.3 Å². The molecule has 2 aromatic rings. The molecular weight excluding hydrogens is 430 g/mol. The molecule has 0 unspecified atom stereocenters. The summed E-state index contributed by atoms with van der Waals surface area (Å²) in [6, 6.07) is 6.15. The highest BCUT2D eigenvalue weighted by Crippen LogP contribution is 2.47. The summed E-state index contributed by atoms with van der Waals surface area (Å²) in [5.74, 6) is 1.41. The van der Waals surface area contributed by atoms with Crippen LogP contribution in [-0.2, 0) is 6.42 Å². The molecule has 0 saturated heterocycles. The maximum atomic E-state index is 6.31. The molecule has 0 radical (unpaired) electrons. The van der Waals surface area contributed by atoms with Crippen molar-refractivity contribution in [2.45, 2.75) is 77.0 Å². The molecule has 2 bridgehead atoms. The summed E-state index contributed by atoms with van der Waals surface area (Å²) in [6.45, 7) is 4.04. The number of hydrogen-bond donors (Lipinski definition) is 3. The van der Waals surface area contributed by atoms with E-state index < -0.39 is 0 Å². The first kappa shape index (κ1) is 23.9. The van der Waals surface area contributed by atoms with Crippen LogP contribution in [0.3, 0.4) is 0 Å². The van der Waals surface area contributed by atoms with Crippen LogP contribution in [0.5, 0.6) is 0 Å². The Bertz CT molecular complexity index is 1020. The lowest BCUT2D eigenvalue weighted by Crippen LogP contribution is -2.24. The Kier molecular flexibility index (Phi) is 8.13. The lowest BCUT2D eigenvalue weighted by Gasteiger charge is -2.36. The van der Waals surface area contributed by atoms with Crippen molar-refractivity contribution >= 4 is 34.2 Å². The average Bonchev–Trinajstić information content (AvgIpc) is 2.75. The SMILES string of the molecule is CC1=C[C@@H]2Cc3nc4cc(Cl)ccc4c(NCCCCCCCCCN=C(N)N)c3[C@H](C1)C2. The smallest absolute Gasteiger partial charge is 0.185 e. The molecule has 178 valence electrons. The Morgan fingerprint density at radius 3 is 2.64 bits per heavy atom. The van der Waals surface area contributed by atoms with Gasteiger partial charge >= 0.3 is 0 Å².